The van der Waals surface area contributed by atoms with Gasteiger partial charge in [-0.2, -0.15) is 0 Å². The van der Waals surface area contributed by atoms with E-state index in [0.29, 0.717) is 23.4 Å². The average Bonchev–Trinajstić information content (AvgIpc) is 3.00. The van der Waals surface area contributed by atoms with E-state index in [2.05, 4.69) is 10.6 Å². The first-order valence-electron chi connectivity index (χ1n) is 8.01. The van der Waals surface area contributed by atoms with E-state index in [4.69, 9.17) is 4.74 Å². The molecule has 0 aromatic heterocycles. The summed E-state index contributed by atoms with van der Waals surface area (Å²) in [6.07, 6.45) is 4.23. The van der Waals surface area contributed by atoms with Gasteiger partial charge in [0.1, 0.15) is 12.0 Å². The number of fused-ring (bicyclic) bond motifs is 2. The summed E-state index contributed by atoms with van der Waals surface area (Å²) in [7, 11) is 3.08. The van der Waals surface area contributed by atoms with E-state index in [-0.39, 0.29) is 11.8 Å². The first kappa shape index (κ1) is 17.0. The lowest BCUT2D eigenvalue weighted by Gasteiger charge is -2.25. The maximum absolute atomic E-state index is 13.0. The molecule has 2 atom stereocenters. The normalized spacial score (nSPS) is 22.0. The molecule has 3 rings (SSSR count). The second kappa shape index (κ2) is 6.60. The third-order valence-electron chi connectivity index (χ3n) is 4.48. The highest BCUT2D eigenvalue weighted by molar-refractivity contribution is 6.03. The van der Waals surface area contributed by atoms with Gasteiger partial charge in [0.15, 0.2) is 0 Å². The van der Waals surface area contributed by atoms with Crippen molar-refractivity contribution in [3.05, 3.63) is 47.2 Å². The highest BCUT2D eigenvalue weighted by Crippen LogP contribution is 2.38. The van der Waals surface area contributed by atoms with Crippen LogP contribution in [-0.2, 0) is 4.79 Å². The van der Waals surface area contributed by atoms with Crippen molar-refractivity contribution in [2.75, 3.05) is 19.5 Å². The van der Waals surface area contributed by atoms with E-state index in [1.165, 1.54) is 18.1 Å². The Balaban J connectivity index is 1.98. The lowest BCUT2D eigenvalue weighted by molar-refractivity contribution is -0.116. The largest absolute Gasteiger partial charge is 0.494 e. The van der Waals surface area contributed by atoms with E-state index in [0.717, 1.165) is 11.1 Å². The van der Waals surface area contributed by atoms with Crippen molar-refractivity contribution >= 4 is 17.5 Å². The third-order valence-corrected chi connectivity index (χ3v) is 4.48. The zero-order chi connectivity index (χ0) is 18.1. The van der Waals surface area contributed by atoms with Gasteiger partial charge in [-0.15, -0.1) is 0 Å². The van der Waals surface area contributed by atoms with Crippen molar-refractivity contribution in [1.29, 1.82) is 0 Å². The molecule has 0 saturated heterocycles. The van der Waals surface area contributed by atoms with E-state index in [9.17, 15) is 14.7 Å². The van der Waals surface area contributed by atoms with Crippen LogP contribution in [0, 0.1) is 6.92 Å². The second-order valence-electron chi connectivity index (χ2n) is 6.06. The number of hydrogen-bond donors (Lipinski definition) is 3. The highest BCUT2D eigenvalue weighted by atomic mass is 16.5. The number of aliphatic hydroxyl groups is 1. The molecule has 1 aromatic rings. The lowest BCUT2D eigenvalue weighted by atomic mass is 10.1. The van der Waals surface area contributed by atoms with Crippen LogP contribution < -0.4 is 15.4 Å². The maximum Gasteiger partial charge on any atom is 0.260 e. The van der Waals surface area contributed by atoms with Crippen molar-refractivity contribution in [2.45, 2.75) is 25.6 Å². The van der Waals surface area contributed by atoms with Crippen molar-refractivity contribution in [2.24, 2.45) is 0 Å². The summed E-state index contributed by atoms with van der Waals surface area (Å²) in [4.78, 5) is 25.8. The standard InChI is InChI=1S/C18H21N3O4/c1-10-4-6-12-15(16(10)25-3)20-17(23)13-8-11(5-7-14(22)19-2)9-21(13)18(12)24/h4-7,9,13,17,20,23H,8H2,1-3H3,(H,19,22)/t13-,17+/m0/s1. The zero-order valence-corrected chi connectivity index (χ0v) is 14.4. The molecular formula is C18H21N3O4. The van der Waals surface area contributed by atoms with E-state index >= 15 is 0 Å². The number of hydrogen-bond acceptors (Lipinski definition) is 5. The lowest BCUT2D eigenvalue weighted by Crippen LogP contribution is -2.42. The molecule has 0 bridgehead atoms. The van der Waals surface area contributed by atoms with Crippen LogP contribution >= 0.6 is 0 Å². The van der Waals surface area contributed by atoms with Crippen LogP contribution in [0.1, 0.15) is 22.3 Å². The smallest absolute Gasteiger partial charge is 0.260 e. The number of rotatable bonds is 3. The van der Waals surface area contributed by atoms with E-state index in [1.54, 1.807) is 25.4 Å². The summed E-state index contributed by atoms with van der Waals surface area (Å²) < 4.78 is 5.40. The van der Waals surface area contributed by atoms with Gasteiger partial charge in [0, 0.05) is 19.3 Å². The van der Waals surface area contributed by atoms with Crippen LogP contribution in [-0.4, -0.2) is 48.2 Å². The van der Waals surface area contributed by atoms with Gasteiger partial charge >= 0.3 is 0 Å². The van der Waals surface area contributed by atoms with Crippen LogP contribution in [0.4, 0.5) is 5.69 Å². The number of likely N-dealkylation sites (N-methyl/N-ethyl adjacent to an activating group) is 1. The van der Waals surface area contributed by atoms with Crippen molar-refractivity contribution < 1.29 is 19.4 Å². The molecule has 1 aromatic carbocycles. The molecule has 7 heteroatoms. The van der Waals surface area contributed by atoms with Crippen LogP contribution in [0.15, 0.2) is 36.1 Å². The molecule has 7 nitrogen and oxygen atoms in total. The number of aryl methyl sites for hydroxylation is 1. The Morgan fingerprint density at radius 1 is 1.48 bits per heavy atom. The van der Waals surface area contributed by atoms with Gasteiger partial charge in [-0.25, -0.2) is 0 Å². The van der Waals surface area contributed by atoms with Crippen LogP contribution in [0.3, 0.4) is 0 Å². The summed E-state index contributed by atoms with van der Waals surface area (Å²) in [6.45, 7) is 1.88. The Labute approximate surface area is 146 Å². The SMILES string of the molecule is CNC(=O)C=CC1=CN2C(=O)c3ccc(C)c(OC)c3N[C@H](O)[C@@H]2C1. The van der Waals surface area contributed by atoms with Gasteiger partial charge in [0.2, 0.25) is 5.91 Å². The van der Waals surface area contributed by atoms with E-state index in [1.807, 2.05) is 13.0 Å². The summed E-state index contributed by atoms with van der Waals surface area (Å²) in [5.74, 6) is 0.110. The highest BCUT2D eigenvalue weighted by Gasteiger charge is 2.39. The topological polar surface area (TPSA) is 90.9 Å². The van der Waals surface area contributed by atoms with Crippen molar-refractivity contribution in [1.82, 2.24) is 10.2 Å². The van der Waals surface area contributed by atoms with Gasteiger partial charge in [-0.1, -0.05) is 12.1 Å². The van der Waals surface area contributed by atoms with Crippen LogP contribution in [0.5, 0.6) is 5.75 Å². The van der Waals surface area contributed by atoms with Gasteiger partial charge in [0.25, 0.3) is 5.91 Å². The fourth-order valence-electron chi connectivity index (χ4n) is 3.17. The monoisotopic (exact) mass is 343 g/mol. The zero-order valence-electron chi connectivity index (χ0n) is 14.4. The fourth-order valence-corrected chi connectivity index (χ4v) is 3.17. The first-order chi connectivity index (χ1) is 12.0. The number of ether oxygens (including phenoxy) is 1. The van der Waals surface area contributed by atoms with Crippen molar-refractivity contribution in [3.63, 3.8) is 0 Å². The molecule has 2 heterocycles. The summed E-state index contributed by atoms with van der Waals surface area (Å²) >= 11 is 0. The molecule has 2 aliphatic heterocycles. The molecule has 2 amide bonds. The van der Waals surface area contributed by atoms with Gasteiger partial charge < -0.3 is 25.4 Å². The Kier molecular flexibility index (Phi) is 4.50. The predicted octanol–water partition coefficient (Wildman–Crippen LogP) is 1.15. The van der Waals surface area contributed by atoms with Gasteiger partial charge in [-0.3, -0.25) is 9.59 Å². The number of benzene rings is 1. The quantitative estimate of drug-likeness (QED) is 0.716. The number of amides is 2. The average molecular weight is 343 g/mol. The molecule has 132 valence electrons. The Morgan fingerprint density at radius 3 is 2.92 bits per heavy atom. The minimum atomic E-state index is -0.956. The number of carbonyl (C=O) groups excluding carboxylic acids is 2. The minimum Gasteiger partial charge on any atom is -0.494 e. The molecule has 0 fully saturated rings. The molecule has 2 aliphatic rings. The number of allylic oxidation sites excluding steroid dienone is 1. The summed E-state index contributed by atoms with van der Waals surface area (Å²) in [6, 6.07) is 3.09. The van der Waals surface area contributed by atoms with E-state index < -0.39 is 12.3 Å². The molecular weight excluding hydrogens is 322 g/mol. The molecule has 0 saturated carbocycles. The number of methoxy groups -OCH3 is 1. The number of anilines is 1. The molecule has 0 aliphatic carbocycles. The number of aliphatic hydroxyl groups excluding tert-OH is 1. The summed E-state index contributed by atoms with van der Waals surface area (Å²) in [5, 5.41) is 16.1. The number of nitrogens with one attached hydrogen (secondary N) is 2. The molecule has 25 heavy (non-hydrogen) atoms. The van der Waals surface area contributed by atoms with Crippen LogP contribution in [0.25, 0.3) is 0 Å². The predicted molar refractivity (Wildman–Crippen MR) is 93.2 cm³/mol. The molecule has 0 spiro atoms. The summed E-state index contributed by atoms with van der Waals surface area (Å²) in [5.41, 5.74) is 2.62. The Morgan fingerprint density at radius 2 is 2.24 bits per heavy atom. The minimum absolute atomic E-state index is 0.217. The van der Waals surface area contributed by atoms with Crippen LogP contribution in [0.2, 0.25) is 0 Å². The Bertz CT molecular complexity index is 785. The molecule has 0 unspecified atom stereocenters. The Hall–Kier alpha value is -2.80. The first-order valence-corrected chi connectivity index (χ1v) is 8.01. The fraction of sp³-hybridized carbons (Fsp3) is 0.333. The molecule has 0 radical (unpaired) electrons. The molecule has 3 N–H and O–H groups in total. The maximum atomic E-state index is 13.0. The third kappa shape index (κ3) is 2.98. The van der Waals surface area contributed by atoms with Gasteiger partial charge in [0.05, 0.1) is 24.4 Å². The second-order valence-corrected chi connectivity index (χ2v) is 6.06. The van der Waals surface area contributed by atoms with Gasteiger partial charge in [-0.05, 0) is 30.5 Å². The number of nitrogens with zero attached hydrogens (tertiary/aromatic N) is 1. The van der Waals surface area contributed by atoms with Crippen molar-refractivity contribution in [3.8, 4) is 5.75 Å². The number of carbonyl (C=O) groups is 2.